The van der Waals surface area contributed by atoms with Gasteiger partial charge in [-0.1, -0.05) is 384 Å². The average molecular weight is 1110 g/mol. The van der Waals surface area contributed by atoms with Gasteiger partial charge >= 0.3 is 0 Å². The molecule has 0 atom stereocenters. The summed E-state index contributed by atoms with van der Waals surface area (Å²) < 4.78 is 0. The molecule has 0 saturated carbocycles. The molecule has 0 saturated heterocycles. The molecule has 0 aliphatic rings. The second kappa shape index (κ2) is 61.2. The first-order chi connectivity index (χ1) is 40.2. The summed E-state index contributed by atoms with van der Waals surface area (Å²) in [7, 11) is 0. The van der Waals surface area contributed by atoms with Gasteiger partial charge in [-0.2, -0.15) is 0 Å². The van der Waals surface area contributed by atoms with Crippen LogP contribution in [0.3, 0.4) is 0 Å². The highest BCUT2D eigenvalue weighted by atomic mass is 14.8. The third-order valence-corrected chi connectivity index (χ3v) is 16.8. The molecule has 2 rings (SSSR count). The fraction of sp³-hybridized carbons (Fsp3) is 0.747. The van der Waals surface area contributed by atoms with Crippen LogP contribution in [0.5, 0.6) is 0 Å². The molecule has 2 aromatic carbocycles. The zero-order valence-corrected chi connectivity index (χ0v) is 54.3. The molecule has 0 fully saturated rings. The third kappa shape index (κ3) is 52.0. The molecule has 0 aliphatic carbocycles. The van der Waals surface area contributed by atoms with Crippen molar-refractivity contribution < 1.29 is 0 Å². The predicted octanol–water partition coefficient (Wildman–Crippen LogP) is 27.3. The molecule has 2 heteroatoms. The van der Waals surface area contributed by atoms with Gasteiger partial charge in [-0.25, -0.2) is 4.99 Å². The molecular weight excluding hydrogens is 977 g/mol. The Hall–Kier alpha value is -3.36. The average Bonchev–Trinajstić information content (AvgIpc) is 3.50. The van der Waals surface area contributed by atoms with E-state index in [1.807, 2.05) is 6.21 Å². The van der Waals surface area contributed by atoms with Gasteiger partial charge in [-0.3, -0.25) is 4.99 Å². The maximum absolute atomic E-state index is 5.13. The molecule has 2 aromatic rings. The predicted molar refractivity (Wildman–Crippen MR) is 367 cm³/mol. The molecule has 458 valence electrons. The zero-order valence-electron chi connectivity index (χ0n) is 54.3. The summed E-state index contributed by atoms with van der Waals surface area (Å²) in [4.78, 5) is 10.1. The highest BCUT2D eigenvalue weighted by Gasteiger charge is 2.01. The molecule has 0 radical (unpaired) electrons. The van der Waals surface area contributed by atoms with Gasteiger partial charge in [0.1, 0.15) is 0 Å². The summed E-state index contributed by atoms with van der Waals surface area (Å²) in [5, 5.41) is 0. The summed E-state index contributed by atoms with van der Waals surface area (Å²) in [6.45, 7) is 6.92. The van der Waals surface area contributed by atoms with E-state index in [4.69, 9.17) is 9.98 Å². The fourth-order valence-corrected chi connectivity index (χ4v) is 11.5. The summed E-state index contributed by atoms with van der Waals surface area (Å²) in [6.07, 6.45) is 83.9. The van der Waals surface area contributed by atoms with Crippen molar-refractivity contribution in [2.24, 2.45) is 9.98 Å². The first kappa shape index (κ1) is 73.7. The van der Waals surface area contributed by atoms with Gasteiger partial charge < -0.3 is 0 Å². The van der Waals surface area contributed by atoms with E-state index in [0.717, 1.165) is 47.5 Å². The van der Waals surface area contributed by atoms with Crippen LogP contribution < -0.4 is 0 Å². The number of hydrogen-bond acceptors (Lipinski definition) is 2. The highest BCUT2D eigenvalue weighted by Crippen LogP contribution is 2.21. The van der Waals surface area contributed by atoms with Gasteiger partial charge in [-0.05, 0) is 68.2 Å². The van der Waals surface area contributed by atoms with E-state index in [0.29, 0.717) is 0 Å². The van der Waals surface area contributed by atoms with E-state index < -0.39 is 0 Å². The minimum Gasteiger partial charge on any atom is -0.255 e. The zero-order chi connectivity index (χ0) is 57.5. The number of allylic oxidation sites excluding steroid dienone is 2. The number of hydrogen-bond donors (Lipinski definition) is 0. The molecule has 0 bridgehead atoms. The van der Waals surface area contributed by atoms with Crippen LogP contribution in [0.15, 0.2) is 70.7 Å². The lowest BCUT2D eigenvalue weighted by Gasteiger charge is -2.04. The van der Waals surface area contributed by atoms with Crippen LogP contribution in [0.1, 0.15) is 391 Å². The van der Waals surface area contributed by atoms with Crippen molar-refractivity contribution in [1.29, 1.82) is 0 Å². The monoisotopic (exact) mass is 1110 g/mol. The van der Waals surface area contributed by atoms with Crippen LogP contribution in [-0.2, 0) is 0 Å². The summed E-state index contributed by atoms with van der Waals surface area (Å²) in [5.41, 5.74) is 4.80. The molecule has 0 amide bonds. The lowest BCUT2D eigenvalue weighted by Crippen LogP contribution is -1.95. The third-order valence-electron chi connectivity index (χ3n) is 16.8. The van der Waals surface area contributed by atoms with Crippen LogP contribution in [-0.4, -0.2) is 11.9 Å². The highest BCUT2D eigenvalue weighted by molar-refractivity contribution is 6.36. The Bertz CT molecular complexity index is 1860. The van der Waals surface area contributed by atoms with E-state index in [9.17, 15) is 0 Å². The molecule has 0 spiro atoms. The summed E-state index contributed by atoms with van der Waals surface area (Å²) in [5.74, 6) is 13.8. The number of benzene rings is 2. The van der Waals surface area contributed by atoms with Gasteiger partial charge in [0.05, 0.1) is 23.3 Å². The van der Waals surface area contributed by atoms with Crippen molar-refractivity contribution in [2.75, 3.05) is 0 Å². The minimum atomic E-state index is 0.872. The molecule has 0 unspecified atom stereocenters. The number of aliphatic imine (C=N–C) groups is 2. The van der Waals surface area contributed by atoms with E-state index in [1.54, 1.807) is 0 Å². The molecule has 0 N–H and O–H groups in total. The Morgan fingerprint density at radius 2 is 0.593 bits per heavy atom. The van der Waals surface area contributed by atoms with Crippen molar-refractivity contribution in [3.8, 4) is 23.7 Å². The fourth-order valence-electron chi connectivity index (χ4n) is 11.5. The summed E-state index contributed by atoms with van der Waals surface area (Å²) in [6, 6.07) is 16.8. The van der Waals surface area contributed by atoms with Crippen molar-refractivity contribution in [3.63, 3.8) is 0 Å². The minimum absolute atomic E-state index is 0.872. The molecule has 81 heavy (non-hydrogen) atoms. The second-order valence-electron chi connectivity index (χ2n) is 24.9. The van der Waals surface area contributed by atoms with Crippen LogP contribution in [0.2, 0.25) is 0 Å². The van der Waals surface area contributed by atoms with Crippen molar-refractivity contribution >= 4 is 23.3 Å². The second-order valence-corrected chi connectivity index (χ2v) is 24.9. The van der Waals surface area contributed by atoms with Gasteiger partial charge in [-0.15, -0.1) is 0 Å². The Morgan fingerprint density at radius 3 is 0.914 bits per heavy atom. The van der Waals surface area contributed by atoms with Gasteiger partial charge in [0.15, 0.2) is 0 Å². The maximum atomic E-state index is 5.13. The van der Waals surface area contributed by atoms with Crippen LogP contribution in [0, 0.1) is 23.7 Å². The normalized spacial score (nSPS) is 11.7. The van der Waals surface area contributed by atoms with Crippen molar-refractivity contribution in [3.05, 3.63) is 71.8 Å². The molecular formula is C79H132N2. The van der Waals surface area contributed by atoms with E-state index in [2.05, 4.69) is 105 Å². The van der Waals surface area contributed by atoms with Gasteiger partial charge in [0, 0.05) is 24.0 Å². The standard InChI is InChI=1S/C79H132N2/c1-4-7-10-13-16-19-22-25-28-31-34-35-36-37-38-41-44-47-50-53-56-59-62-69-79(81-78-71-64-68-76(73-78)66-61-58-55-52-49-46-43-40-33-30-27-24-21-18-15-12-9-6-3)74-80-77-70-63-67-75(72-77)65-60-57-54-51-48-45-42-39-32-29-26-23-20-17-14-11-8-5-2/h62-64,67-74H,4-59H2,1-3H3. The Morgan fingerprint density at radius 1 is 0.321 bits per heavy atom. The van der Waals surface area contributed by atoms with Gasteiger partial charge in [0.25, 0.3) is 0 Å². The smallest absolute Gasteiger partial charge is 0.0816 e. The van der Waals surface area contributed by atoms with E-state index in [1.165, 1.54) is 340 Å². The molecule has 0 aliphatic heterocycles. The SMILES string of the molecule is CCCCCCCCCCCCCCCCCCC#Cc1cccc(N=CC(C=CCCCCCCCCCCCCCCCCCCCCCCC)=Nc2cccc(C#CCCCCCCCCCCCCCCCCCC)c2)c1. The topological polar surface area (TPSA) is 24.7 Å². The van der Waals surface area contributed by atoms with Crippen molar-refractivity contribution in [2.45, 2.75) is 380 Å². The van der Waals surface area contributed by atoms with E-state index >= 15 is 0 Å². The lowest BCUT2D eigenvalue weighted by atomic mass is 10.0. The maximum Gasteiger partial charge on any atom is 0.0816 e. The first-order valence-electron chi connectivity index (χ1n) is 36.2. The number of rotatable bonds is 58. The Kier molecular flexibility index (Phi) is 55.7. The Balaban J connectivity index is 1.77. The van der Waals surface area contributed by atoms with Crippen LogP contribution in [0.25, 0.3) is 0 Å². The van der Waals surface area contributed by atoms with Crippen LogP contribution in [0.4, 0.5) is 11.4 Å². The first-order valence-corrected chi connectivity index (χ1v) is 36.2. The quantitative estimate of drug-likeness (QED) is 0.0358. The molecule has 0 heterocycles. The van der Waals surface area contributed by atoms with E-state index in [-0.39, 0.29) is 0 Å². The Labute approximate surface area is 506 Å². The summed E-state index contributed by atoms with van der Waals surface area (Å²) >= 11 is 0. The molecule has 2 nitrogen and oxygen atoms in total. The van der Waals surface area contributed by atoms with Crippen molar-refractivity contribution in [1.82, 2.24) is 0 Å². The molecule has 0 aromatic heterocycles. The largest absolute Gasteiger partial charge is 0.255 e. The number of unbranched alkanes of at least 4 members (excludes halogenated alkanes) is 53. The van der Waals surface area contributed by atoms with Gasteiger partial charge in [0.2, 0.25) is 0 Å². The lowest BCUT2D eigenvalue weighted by molar-refractivity contribution is 0.520. The van der Waals surface area contributed by atoms with Crippen LogP contribution >= 0.6 is 0 Å². The number of nitrogens with zero attached hydrogens (tertiary/aromatic N) is 2.